The minimum absolute atomic E-state index is 0.0849. The number of benzene rings is 3. The lowest BCUT2D eigenvalue weighted by molar-refractivity contribution is -0.128. The summed E-state index contributed by atoms with van der Waals surface area (Å²) in [5, 5.41) is 19.1. The molecule has 138 valence electrons. The van der Waals surface area contributed by atoms with Crippen LogP contribution in [0.1, 0.15) is 16.7 Å². The Kier molecular flexibility index (Phi) is 3.78. The second kappa shape index (κ2) is 6.47. The Balaban J connectivity index is 1.77. The van der Waals surface area contributed by atoms with Gasteiger partial charge in [0.25, 0.3) is 5.91 Å². The number of hydrogen-bond donors (Lipinski definition) is 1. The first-order valence-corrected chi connectivity index (χ1v) is 9.26. The molecule has 0 saturated heterocycles. The number of nitrogens with zero attached hydrogens (tertiary/aromatic N) is 3. The van der Waals surface area contributed by atoms with Gasteiger partial charge in [-0.05, 0) is 23.8 Å². The number of carbonyl (C=O) groups is 1. The molecule has 0 aromatic heterocycles. The molecule has 3 aromatic carbocycles. The molecule has 5 heteroatoms. The molecule has 0 unspecified atom stereocenters. The van der Waals surface area contributed by atoms with Gasteiger partial charge >= 0.3 is 0 Å². The summed E-state index contributed by atoms with van der Waals surface area (Å²) in [4.78, 5) is 13.2. The molecule has 0 aliphatic carbocycles. The van der Waals surface area contributed by atoms with Crippen LogP contribution in [0.3, 0.4) is 0 Å². The Morgan fingerprint density at radius 2 is 1.48 bits per heavy atom. The van der Waals surface area contributed by atoms with E-state index in [0.29, 0.717) is 0 Å². The highest BCUT2D eigenvalue weighted by molar-refractivity contribution is 6.03. The summed E-state index contributed by atoms with van der Waals surface area (Å²) in [5.74, 6) is -0.411. The van der Waals surface area contributed by atoms with Gasteiger partial charge in [-0.1, -0.05) is 66.7 Å². The Labute approximate surface area is 168 Å². The fourth-order valence-electron chi connectivity index (χ4n) is 4.02. The molecule has 2 aliphatic rings. The summed E-state index contributed by atoms with van der Waals surface area (Å²) in [7, 11) is 0. The van der Waals surface area contributed by atoms with E-state index < -0.39 is 11.4 Å². The molecule has 1 N–H and O–H groups in total. The number of nitriles is 1. The maximum absolute atomic E-state index is 13.2. The first-order chi connectivity index (χ1) is 14.2. The average molecular weight is 376 g/mol. The largest absolute Gasteiger partial charge is 0.355 e. The molecule has 1 spiro atoms. The minimum Gasteiger partial charge on any atom is -0.355 e. The SMILES string of the molecule is N#CC1=CC2(c3ccccc3Nc3ccccc32)N(/N=C/c2ccccc2)C1=O. The standard InChI is InChI=1S/C24H16N4O/c25-15-18-14-24(28(23(18)29)26-16-17-8-2-1-3-9-17)19-10-4-6-12-21(19)27-22-13-7-5-11-20(22)24/h1-14,16,27H/b26-16+. The summed E-state index contributed by atoms with van der Waals surface area (Å²) in [6, 6.07) is 27.2. The van der Waals surface area contributed by atoms with Gasteiger partial charge in [0.15, 0.2) is 0 Å². The van der Waals surface area contributed by atoms with Gasteiger partial charge in [-0.2, -0.15) is 10.4 Å². The molecule has 2 heterocycles. The van der Waals surface area contributed by atoms with Gasteiger partial charge in [0.1, 0.15) is 17.2 Å². The van der Waals surface area contributed by atoms with Crippen molar-refractivity contribution in [2.24, 2.45) is 5.10 Å². The van der Waals surface area contributed by atoms with Crippen LogP contribution in [0.4, 0.5) is 11.4 Å². The minimum atomic E-state index is -0.980. The molecule has 0 fully saturated rings. The van der Waals surface area contributed by atoms with Crippen molar-refractivity contribution in [2.75, 3.05) is 5.32 Å². The number of rotatable bonds is 2. The Morgan fingerprint density at radius 1 is 0.897 bits per heavy atom. The van der Waals surface area contributed by atoms with E-state index in [0.717, 1.165) is 28.1 Å². The van der Waals surface area contributed by atoms with Crippen molar-refractivity contribution in [3.05, 3.63) is 107 Å². The van der Waals surface area contributed by atoms with Crippen LogP contribution < -0.4 is 5.32 Å². The Bertz CT molecular complexity index is 1180. The van der Waals surface area contributed by atoms with E-state index in [9.17, 15) is 10.1 Å². The molecular weight excluding hydrogens is 360 g/mol. The van der Waals surface area contributed by atoms with Crippen molar-refractivity contribution in [1.82, 2.24) is 5.01 Å². The molecule has 0 radical (unpaired) electrons. The van der Waals surface area contributed by atoms with Gasteiger partial charge in [0.05, 0.1) is 6.21 Å². The number of fused-ring (bicyclic) bond motifs is 4. The number of carbonyl (C=O) groups excluding carboxylic acids is 1. The average Bonchev–Trinajstić information content (AvgIpc) is 3.05. The third kappa shape index (κ3) is 2.47. The third-order valence-electron chi connectivity index (χ3n) is 5.30. The summed E-state index contributed by atoms with van der Waals surface area (Å²) < 4.78 is 0. The normalized spacial score (nSPS) is 16.2. The summed E-state index contributed by atoms with van der Waals surface area (Å²) in [6.45, 7) is 0. The lowest BCUT2D eigenvalue weighted by Gasteiger charge is -2.41. The van der Waals surface area contributed by atoms with Crippen LogP contribution in [0.5, 0.6) is 0 Å². The van der Waals surface area contributed by atoms with Crippen LogP contribution in [-0.2, 0) is 10.3 Å². The number of nitrogens with one attached hydrogen (secondary N) is 1. The van der Waals surface area contributed by atoms with E-state index in [-0.39, 0.29) is 5.57 Å². The van der Waals surface area contributed by atoms with Crippen molar-refractivity contribution in [3.63, 3.8) is 0 Å². The zero-order valence-electron chi connectivity index (χ0n) is 15.4. The molecule has 2 aliphatic heterocycles. The van der Waals surface area contributed by atoms with Gasteiger partial charge in [-0.15, -0.1) is 0 Å². The van der Waals surface area contributed by atoms with E-state index >= 15 is 0 Å². The first kappa shape index (κ1) is 17.0. The highest BCUT2D eigenvalue weighted by Gasteiger charge is 2.52. The number of hydrazone groups is 1. The van der Waals surface area contributed by atoms with E-state index in [1.54, 1.807) is 12.3 Å². The summed E-state index contributed by atoms with van der Waals surface area (Å²) >= 11 is 0. The third-order valence-corrected chi connectivity index (χ3v) is 5.30. The second-order valence-electron chi connectivity index (χ2n) is 6.92. The Hall–Kier alpha value is -4.17. The van der Waals surface area contributed by atoms with Crippen LogP contribution in [0.15, 0.2) is 95.6 Å². The fourth-order valence-corrected chi connectivity index (χ4v) is 4.02. The van der Waals surface area contributed by atoms with Crippen molar-refractivity contribution in [2.45, 2.75) is 5.54 Å². The lowest BCUT2D eigenvalue weighted by atomic mass is 9.78. The monoisotopic (exact) mass is 376 g/mol. The van der Waals surface area contributed by atoms with Gasteiger partial charge in [0.2, 0.25) is 0 Å². The van der Waals surface area contributed by atoms with Crippen LogP contribution in [0, 0.1) is 11.3 Å². The number of hydrogen-bond acceptors (Lipinski definition) is 4. The van der Waals surface area contributed by atoms with Crippen molar-refractivity contribution >= 4 is 23.5 Å². The first-order valence-electron chi connectivity index (χ1n) is 9.26. The molecule has 0 bridgehead atoms. The van der Waals surface area contributed by atoms with Crippen LogP contribution in [-0.4, -0.2) is 17.1 Å². The van der Waals surface area contributed by atoms with Crippen molar-refractivity contribution < 1.29 is 4.79 Å². The molecule has 0 atom stereocenters. The van der Waals surface area contributed by atoms with Gasteiger partial charge < -0.3 is 5.32 Å². The zero-order chi connectivity index (χ0) is 19.8. The predicted octanol–water partition coefficient (Wildman–Crippen LogP) is 4.31. The molecule has 3 aromatic rings. The lowest BCUT2D eigenvalue weighted by Crippen LogP contribution is -2.44. The van der Waals surface area contributed by atoms with E-state index in [4.69, 9.17) is 0 Å². The van der Waals surface area contributed by atoms with Gasteiger partial charge in [0, 0.05) is 22.5 Å². The van der Waals surface area contributed by atoms with Gasteiger partial charge in [-0.25, -0.2) is 5.01 Å². The molecule has 0 saturated carbocycles. The molecule has 5 rings (SSSR count). The quantitative estimate of drug-likeness (QED) is 0.678. The molecular formula is C24H16N4O. The maximum Gasteiger partial charge on any atom is 0.285 e. The Morgan fingerprint density at radius 3 is 2.10 bits per heavy atom. The zero-order valence-corrected chi connectivity index (χ0v) is 15.4. The second-order valence-corrected chi connectivity index (χ2v) is 6.92. The van der Waals surface area contributed by atoms with Crippen LogP contribution in [0.25, 0.3) is 0 Å². The number of anilines is 2. The van der Waals surface area contributed by atoms with Crippen LogP contribution >= 0.6 is 0 Å². The van der Waals surface area contributed by atoms with E-state index in [1.165, 1.54) is 5.01 Å². The predicted molar refractivity (Wildman–Crippen MR) is 112 cm³/mol. The number of amides is 1. The van der Waals surface area contributed by atoms with Crippen LogP contribution in [0.2, 0.25) is 0 Å². The van der Waals surface area contributed by atoms with Crippen molar-refractivity contribution in [3.8, 4) is 6.07 Å². The smallest absolute Gasteiger partial charge is 0.285 e. The molecule has 29 heavy (non-hydrogen) atoms. The number of para-hydroxylation sites is 2. The van der Waals surface area contributed by atoms with E-state index in [1.807, 2.05) is 78.9 Å². The van der Waals surface area contributed by atoms with Gasteiger partial charge in [-0.3, -0.25) is 4.79 Å². The fraction of sp³-hybridized carbons (Fsp3) is 0.0417. The molecule has 5 nitrogen and oxygen atoms in total. The molecule has 1 amide bonds. The summed E-state index contributed by atoms with van der Waals surface area (Å²) in [6.07, 6.45) is 3.39. The highest BCUT2D eigenvalue weighted by Crippen LogP contribution is 2.51. The maximum atomic E-state index is 13.2. The van der Waals surface area contributed by atoms with E-state index in [2.05, 4.69) is 16.5 Å². The topological polar surface area (TPSA) is 68.5 Å². The van der Waals surface area contributed by atoms with Crippen molar-refractivity contribution in [1.29, 1.82) is 5.26 Å². The summed E-state index contributed by atoms with van der Waals surface area (Å²) in [5.41, 5.74) is 3.50. The highest BCUT2D eigenvalue weighted by atomic mass is 16.2.